The highest BCUT2D eigenvalue weighted by Crippen LogP contribution is 2.12. The molecule has 0 spiro atoms. The van der Waals surface area contributed by atoms with Gasteiger partial charge in [-0.05, 0) is 6.07 Å². The second-order valence-electron chi connectivity index (χ2n) is 2.49. The lowest BCUT2D eigenvalue weighted by Gasteiger charge is -1.94. The molecule has 0 atom stereocenters. The smallest absolute Gasteiger partial charge is 0.205 e. The first kappa shape index (κ1) is 10.2. The van der Waals surface area contributed by atoms with E-state index in [1.807, 2.05) is 0 Å². The standard InChI is InChI=1S/C8H8ClNO2S/c1-13(11,12)10-6-7-4-2-3-5-8(7)9/h2-6H,1H3/b10-6+. The topological polar surface area (TPSA) is 46.5 Å². The molecule has 0 amide bonds. The van der Waals surface area contributed by atoms with Crippen molar-refractivity contribution in [2.45, 2.75) is 0 Å². The van der Waals surface area contributed by atoms with E-state index in [0.29, 0.717) is 10.6 Å². The van der Waals surface area contributed by atoms with Gasteiger partial charge in [0.15, 0.2) is 0 Å². The van der Waals surface area contributed by atoms with Crippen LogP contribution in [0.3, 0.4) is 0 Å². The molecule has 0 radical (unpaired) electrons. The zero-order chi connectivity index (χ0) is 9.90. The van der Waals surface area contributed by atoms with Crippen LogP contribution >= 0.6 is 11.6 Å². The van der Waals surface area contributed by atoms with Crippen LogP contribution in [0.25, 0.3) is 0 Å². The monoisotopic (exact) mass is 217 g/mol. The first-order valence-electron chi connectivity index (χ1n) is 3.49. The average molecular weight is 218 g/mol. The molecule has 13 heavy (non-hydrogen) atoms. The number of halogens is 1. The molecule has 3 nitrogen and oxygen atoms in total. The molecule has 0 saturated carbocycles. The van der Waals surface area contributed by atoms with E-state index in [1.165, 1.54) is 6.21 Å². The van der Waals surface area contributed by atoms with Gasteiger partial charge in [0.05, 0.1) is 6.26 Å². The van der Waals surface area contributed by atoms with Crippen LogP contribution < -0.4 is 0 Å². The molecule has 0 aliphatic heterocycles. The lowest BCUT2D eigenvalue weighted by molar-refractivity contribution is 0.604. The SMILES string of the molecule is CS(=O)(=O)/N=C/c1ccccc1Cl. The van der Waals surface area contributed by atoms with Gasteiger partial charge in [0.1, 0.15) is 0 Å². The Balaban J connectivity index is 3.00. The molecule has 0 fully saturated rings. The van der Waals surface area contributed by atoms with Crippen LogP contribution in [0.2, 0.25) is 5.02 Å². The van der Waals surface area contributed by atoms with Crippen molar-refractivity contribution in [3.05, 3.63) is 34.9 Å². The van der Waals surface area contributed by atoms with Gasteiger partial charge in [-0.15, -0.1) is 0 Å². The van der Waals surface area contributed by atoms with Gasteiger partial charge in [-0.2, -0.15) is 4.40 Å². The second-order valence-corrected chi connectivity index (χ2v) is 4.57. The fourth-order valence-electron chi connectivity index (χ4n) is 0.732. The minimum Gasteiger partial charge on any atom is -0.205 e. The molecule has 1 aromatic rings. The van der Waals surface area contributed by atoms with Gasteiger partial charge in [0.25, 0.3) is 0 Å². The highest BCUT2D eigenvalue weighted by molar-refractivity contribution is 7.89. The van der Waals surface area contributed by atoms with Crippen molar-refractivity contribution >= 4 is 27.8 Å². The summed E-state index contributed by atoms with van der Waals surface area (Å²) < 4.78 is 24.7. The Morgan fingerprint density at radius 3 is 2.54 bits per heavy atom. The summed E-state index contributed by atoms with van der Waals surface area (Å²) >= 11 is 5.77. The molecule has 70 valence electrons. The predicted octanol–water partition coefficient (Wildman–Crippen LogP) is 1.72. The molecule has 0 unspecified atom stereocenters. The Labute approximate surface area is 82.1 Å². The highest BCUT2D eigenvalue weighted by Gasteiger charge is 1.97. The Morgan fingerprint density at radius 2 is 2.00 bits per heavy atom. The van der Waals surface area contributed by atoms with Gasteiger partial charge in [-0.3, -0.25) is 0 Å². The summed E-state index contributed by atoms with van der Waals surface area (Å²) in [6, 6.07) is 6.89. The average Bonchev–Trinajstić information content (AvgIpc) is 2.01. The summed E-state index contributed by atoms with van der Waals surface area (Å²) in [4.78, 5) is 0. The van der Waals surface area contributed by atoms with Crippen LogP contribution in [0.1, 0.15) is 5.56 Å². The van der Waals surface area contributed by atoms with Crippen molar-refractivity contribution < 1.29 is 8.42 Å². The second kappa shape index (κ2) is 3.89. The molecule has 0 N–H and O–H groups in total. The van der Waals surface area contributed by atoms with Crippen LogP contribution in [-0.2, 0) is 10.0 Å². The zero-order valence-corrected chi connectivity index (χ0v) is 8.51. The van der Waals surface area contributed by atoms with Crippen molar-refractivity contribution in [1.82, 2.24) is 0 Å². The molecule has 0 aliphatic rings. The largest absolute Gasteiger partial charge is 0.250 e. The van der Waals surface area contributed by atoms with Crippen LogP contribution in [0, 0.1) is 0 Å². The van der Waals surface area contributed by atoms with Crippen molar-refractivity contribution in [3.63, 3.8) is 0 Å². The lowest BCUT2D eigenvalue weighted by atomic mass is 10.2. The predicted molar refractivity (Wildman–Crippen MR) is 53.9 cm³/mol. The minimum absolute atomic E-state index is 0.481. The summed E-state index contributed by atoms with van der Waals surface area (Å²) in [7, 11) is -3.33. The number of hydrogen-bond acceptors (Lipinski definition) is 2. The highest BCUT2D eigenvalue weighted by atomic mass is 35.5. The van der Waals surface area contributed by atoms with E-state index in [1.54, 1.807) is 24.3 Å². The van der Waals surface area contributed by atoms with Crippen molar-refractivity contribution in [1.29, 1.82) is 0 Å². The third kappa shape index (κ3) is 3.57. The van der Waals surface area contributed by atoms with E-state index >= 15 is 0 Å². The van der Waals surface area contributed by atoms with Gasteiger partial charge < -0.3 is 0 Å². The number of hydrogen-bond donors (Lipinski definition) is 0. The first-order valence-corrected chi connectivity index (χ1v) is 5.71. The maximum Gasteiger partial charge on any atom is 0.250 e. The fourth-order valence-corrected chi connectivity index (χ4v) is 1.22. The van der Waals surface area contributed by atoms with Crippen LogP contribution in [0.15, 0.2) is 28.7 Å². The minimum atomic E-state index is -3.33. The summed E-state index contributed by atoms with van der Waals surface area (Å²) in [6.07, 6.45) is 2.26. The van der Waals surface area contributed by atoms with Gasteiger partial charge >= 0.3 is 0 Å². The van der Waals surface area contributed by atoms with Crippen LogP contribution in [0.5, 0.6) is 0 Å². The van der Waals surface area contributed by atoms with E-state index in [2.05, 4.69) is 4.40 Å². The van der Waals surface area contributed by atoms with Gasteiger partial charge in [0.2, 0.25) is 10.0 Å². The van der Waals surface area contributed by atoms with Gasteiger partial charge in [-0.1, -0.05) is 29.8 Å². The van der Waals surface area contributed by atoms with E-state index in [-0.39, 0.29) is 0 Å². The summed E-state index contributed by atoms with van der Waals surface area (Å²) in [5.41, 5.74) is 0.592. The van der Waals surface area contributed by atoms with Gasteiger partial charge in [0, 0.05) is 16.8 Å². The van der Waals surface area contributed by atoms with Crippen molar-refractivity contribution in [2.75, 3.05) is 6.26 Å². The van der Waals surface area contributed by atoms with Crippen molar-refractivity contribution in [2.24, 2.45) is 4.40 Å². The number of benzene rings is 1. The van der Waals surface area contributed by atoms with E-state index < -0.39 is 10.0 Å². The Bertz CT molecular complexity index is 426. The summed E-state index contributed by atoms with van der Waals surface area (Å²) in [5.74, 6) is 0. The molecule has 0 aromatic heterocycles. The Kier molecular flexibility index (Phi) is 3.06. The zero-order valence-electron chi connectivity index (χ0n) is 6.94. The normalized spacial score (nSPS) is 12.2. The molecule has 0 heterocycles. The maximum atomic E-state index is 10.7. The van der Waals surface area contributed by atoms with Crippen LogP contribution in [-0.4, -0.2) is 20.9 Å². The molecule has 5 heteroatoms. The molecule has 0 bridgehead atoms. The fraction of sp³-hybridized carbons (Fsp3) is 0.125. The summed E-state index contributed by atoms with van der Waals surface area (Å²) in [6.45, 7) is 0. The first-order chi connectivity index (χ1) is 5.99. The molecule has 1 aromatic carbocycles. The maximum absolute atomic E-state index is 10.7. The molecule has 0 saturated heterocycles. The van der Waals surface area contributed by atoms with E-state index in [0.717, 1.165) is 6.26 Å². The number of nitrogens with zero attached hydrogens (tertiary/aromatic N) is 1. The third-order valence-electron chi connectivity index (χ3n) is 1.29. The lowest BCUT2D eigenvalue weighted by Crippen LogP contribution is -1.91. The molecular formula is C8H8ClNO2S. The summed E-state index contributed by atoms with van der Waals surface area (Å²) in [5, 5.41) is 0.481. The molecular weight excluding hydrogens is 210 g/mol. The third-order valence-corrected chi connectivity index (χ3v) is 2.12. The molecule has 0 aliphatic carbocycles. The van der Waals surface area contributed by atoms with Gasteiger partial charge in [-0.25, -0.2) is 8.42 Å². The van der Waals surface area contributed by atoms with E-state index in [4.69, 9.17) is 11.6 Å². The van der Waals surface area contributed by atoms with Crippen molar-refractivity contribution in [3.8, 4) is 0 Å². The molecule has 1 rings (SSSR count). The van der Waals surface area contributed by atoms with Crippen LogP contribution in [0.4, 0.5) is 0 Å². The number of rotatable bonds is 2. The van der Waals surface area contributed by atoms with E-state index in [9.17, 15) is 8.42 Å². The quantitative estimate of drug-likeness (QED) is 0.709. The Morgan fingerprint density at radius 1 is 1.38 bits per heavy atom. The number of sulfonamides is 1. The Hall–Kier alpha value is -0.870.